The van der Waals surface area contributed by atoms with Crippen molar-refractivity contribution in [2.75, 3.05) is 5.32 Å². The molecule has 2 aromatic carbocycles. The summed E-state index contributed by atoms with van der Waals surface area (Å²) in [5, 5.41) is 16.0. The van der Waals surface area contributed by atoms with Gasteiger partial charge >= 0.3 is 0 Å². The Balaban J connectivity index is 1.89. The van der Waals surface area contributed by atoms with E-state index in [2.05, 4.69) is 48.4 Å². The van der Waals surface area contributed by atoms with Crippen molar-refractivity contribution in [2.45, 2.75) is 13.8 Å². The number of aryl methyl sites for hydroxylation is 2. The van der Waals surface area contributed by atoms with E-state index in [0.29, 0.717) is 26.3 Å². The molecule has 0 amide bonds. The molecule has 3 rings (SSSR count). The minimum Gasteiger partial charge on any atom is -0.359 e. The summed E-state index contributed by atoms with van der Waals surface area (Å²) in [7, 11) is 0. The number of anilines is 1. The van der Waals surface area contributed by atoms with E-state index in [0.717, 1.165) is 16.8 Å². The van der Waals surface area contributed by atoms with Gasteiger partial charge in [-0.25, -0.2) is 4.98 Å². The van der Waals surface area contributed by atoms with Gasteiger partial charge in [-0.3, -0.25) is 0 Å². The normalized spacial score (nSPS) is 11.3. The molecular formula is C20H15Cl2N3S. The second-order valence-corrected chi connectivity index (χ2v) is 7.42. The quantitative estimate of drug-likeness (QED) is 0.495. The highest BCUT2D eigenvalue weighted by Crippen LogP contribution is 2.31. The zero-order valence-electron chi connectivity index (χ0n) is 14.2. The fourth-order valence-electron chi connectivity index (χ4n) is 2.53. The standard InChI is InChI=1S/C20H15Cl2N3S/c1-12-6-7-15(13(2)8-12)18-11-26-20(25-18)14(9-23)10-24-17-5-3-4-16(21)19(17)22/h3-8,10-11,24H,1-2H3/b14-10+. The van der Waals surface area contributed by atoms with Gasteiger partial charge in [0.1, 0.15) is 16.6 Å². The number of hydrogen-bond donors (Lipinski definition) is 1. The van der Waals surface area contributed by atoms with Crippen LogP contribution in [0.1, 0.15) is 16.1 Å². The van der Waals surface area contributed by atoms with Gasteiger partial charge in [0.15, 0.2) is 0 Å². The van der Waals surface area contributed by atoms with Crippen molar-refractivity contribution < 1.29 is 0 Å². The van der Waals surface area contributed by atoms with Gasteiger partial charge in [0.2, 0.25) is 0 Å². The van der Waals surface area contributed by atoms with E-state index in [1.807, 2.05) is 5.38 Å². The van der Waals surface area contributed by atoms with Crippen molar-refractivity contribution in [3.05, 3.63) is 74.2 Å². The van der Waals surface area contributed by atoms with Gasteiger partial charge in [0.05, 0.1) is 21.4 Å². The molecule has 0 atom stereocenters. The van der Waals surface area contributed by atoms with Gasteiger partial charge in [-0.1, -0.05) is 53.0 Å². The monoisotopic (exact) mass is 399 g/mol. The first-order valence-electron chi connectivity index (χ1n) is 7.84. The topological polar surface area (TPSA) is 48.7 Å². The number of allylic oxidation sites excluding steroid dienone is 1. The molecule has 130 valence electrons. The molecule has 6 heteroatoms. The van der Waals surface area contributed by atoms with Crippen LogP contribution in [-0.2, 0) is 0 Å². The molecule has 0 bridgehead atoms. The minimum atomic E-state index is 0.415. The van der Waals surface area contributed by atoms with Gasteiger partial charge in [0.25, 0.3) is 0 Å². The average molecular weight is 400 g/mol. The molecule has 1 heterocycles. The van der Waals surface area contributed by atoms with E-state index in [1.165, 1.54) is 16.9 Å². The third kappa shape index (κ3) is 3.91. The molecule has 0 saturated heterocycles. The Labute approximate surface area is 166 Å². The second kappa shape index (κ2) is 7.92. The number of hydrogen-bond acceptors (Lipinski definition) is 4. The number of nitriles is 1. The van der Waals surface area contributed by atoms with Gasteiger partial charge in [-0.05, 0) is 31.5 Å². The smallest absolute Gasteiger partial charge is 0.136 e. The molecule has 0 fully saturated rings. The Morgan fingerprint density at radius 3 is 2.77 bits per heavy atom. The highest BCUT2D eigenvalue weighted by atomic mass is 35.5. The predicted octanol–water partition coefficient (Wildman–Crippen LogP) is 6.71. The third-order valence-electron chi connectivity index (χ3n) is 3.84. The lowest BCUT2D eigenvalue weighted by molar-refractivity contribution is 1.32. The fraction of sp³-hybridized carbons (Fsp3) is 0.100. The molecule has 0 aliphatic heterocycles. The number of halogens is 2. The summed E-state index contributed by atoms with van der Waals surface area (Å²) in [6, 6.07) is 13.7. The van der Waals surface area contributed by atoms with Crippen molar-refractivity contribution in [1.29, 1.82) is 5.26 Å². The van der Waals surface area contributed by atoms with E-state index >= 15 is 0 Å². The second-order valence-electron chi connectivity index (χ2n) is 5.77. The number of nitrogens with zero attached hydrogens (tertiary/aromatic N) is 2. The van der Waals surface area contributed by atoms with E-state index < -0.39 is 0 Å². The van der Waals surface area contributed by atoms with Crippen LogP contribution >= 0.6 is 34.5 Å². The maximum absolute atomic E-state index is 9.50. The SMILES string of the molecule is Cc1ccc(-c2csc(/C(C#N)=C/Nc3cccc(Cl)c3Cl)n2)c(C)c1. The first kappa shape index (κ1) is 18.5. The first-order chi connectivity index (χ1) is 12.5. The molecule has 26 heavy (non-hydrogen) atoms. The molecule has 1 aromatic heterocycles. The fourth-order valence-corrected chi connectivity index (χ4v) is 3.67. The predicted molar refractivity (Wildman–Crippen MR) is 111 cm³/mol. The van der Waals surface area contributed by atoms with Crippen LogP contribution in [0.15, 0.2) is 48.0 Å². The van der Waals surface area contributed by atoms with Crippen LogP contribution in [0.5, 0.6) is 0 Å². The Morgan fingerprint density at radius 2 is 2.04 bits per heavy atom. The summed E-state index contributed by atoms with van der Waals surface area (Å²) in [6.07, 6.45) is 1.60. The highest BCUT2D eigenvalue weighted by molar-refractivity contribution is 7.11. The van der Waals surface area contributed by atoms with Gasteiger partial charge in [-0.2, -0.15) is 5.26 Å². The summed E-state index contributed by atoms with van der Waals surface area (Å²) < 4.78 is 0. The lowest BCUT2D eigenvalue weighted by Gasteiger charge is -2.05. The van der Waals surface area contributed by atoms with E-state index in [-0.39, 0.29) is 0 Å². The maximum atomic E-state index is 9.50. The van der Waals surface area contributed by atoms with Crippen LogP contribution in [-0.4, -0.2) is 4.98 Å². The summed E-state index contributed by atoms with van der Waals surface area (Å²) >= 11 is 13.6. The number of aromatic nitrogens is 1. The zero-order valence-corrected chi connectivity index (χ0v) is 16.5. The molecule has 1 N–H and O–H groups in total. The van der Waals surface area contributed by atoms with Crippen molar-refractivity contribution in [3.63, 3.8) is 0 Å². The lowest BCUT2D eigenvalue weighted by atomic mass is 10.0. The van der Waals surface area contributed by atoms with Crippen molar-refractivity contribution >= 4 is 45.8 Å². The van der Waals surface area contributed by atoms with Crippen LogP contribution < -0.4 is 5.32 Å². The molecule has 0 unspecified atom stereocenters. The van der Waals surface area contributed by atoms with Gasteiger partial charge in [-0.15, -0.1) is 11.3 Å². The molecule has 0 spiro atoms. The van der Waals surface area contributed by atoms with Gasteiger partial charge in [0, 0.05) is 17.1 Å². The van der Waals surface area contributed by atoms with Gasteiger partial charge < -0.3 is 5.32 Å². The van der Waals surface area contributed by atoms with Crippen LogP contribution in [0.3, 0.4) is 0 Å². The summed E-state index contributed by atoms with van der Waals surface area (Å²) in [5.74, 6) is 0. The summed E-state index contributed by atoms with van der Waals surface area (Å²) in [5.41, 5.74) is 5.38. The van der Waals surface area contributed by atoms with E-state index in [1.54, 1.807) is 24.4 Å². The Hall–Kier alpha value is -2.32. The molecule has 0 radical (unpaired) electrons. The Morgan fingerprint density at radius 1 is 1.23 bits per heavy atom. The highest BCUT2D eigenvalue weighted by Gasteiger charge is 2.11. The van der Waals surface area contributed by atoms with E-state index in [9.17, 15) is 5.26 Å². The number of rotatable bonds is 4. The summed E-state index contributed by atoms with van der Waals surface area (Å²) in [4.78, 5) is 4.62. The molecule has 0 aliphatic rings. The molecule has 3 nitrogen and oxygen atoms in total. The number of nitrogens with one attached hydrogen (secondary N) is 1. The van der Waals surface area contributed by atoms with E-state index in [4.69, 9.17) is 23.2 Å². The lowest BCUT2D eigenvalue weighted by Crippen LogP contribution is -1.92. The molecule has 0 saturated carbocycles. The number of thiazole rings is 1. The molecule has 0 aliphatic carbocycles. The molecular weight excluding hydrogens is 385 g/mol. The summed E-state index contributed by atoms with van der Waals surface area (Å²) in [6.45, 7) is 4.12. The van der Waals surface area contributed by atoms with Crippen molar-refractivity contribution in [3.8, 4) is 17.3 Å². The molecule has 3 aromatic rings. The van der Waals surface area contributed by atoms with Crippen LogP contribution in [0.4, 0.5) is 5.69 Å². The Bertz CT molecular complexity index is 1030. The maximum Gasteiger partial charge on any atom is 0.136 e. The zero-order chi connectivity index (χ0) is 18.7. The van der Waals surface area contributed by atoms with Crippen LogP contribution in [0, 0.1) is 25.2 Å². The average Bonchev–Trinajstić information content (AvgIpc) is 3.08. The van der Waals surface area contributed by atoms with Crippen LogP contribution in [0.25, 0.3) is 16.8 Å². The van der Waals surface area contributed by atoms with Crippen LogP contribution in [0.2, 0.25) is 10.0 Å². The Kier molecular flexibility index (Phi) is 5.63. The minimum absolute atomic E-state index is 0.415. The van der Waals surface area contributed by atoms with Crippen molar-refractivity contribution in [1.82, 2.24) is 4.98 Å². The number of benzene rings is 2. The van der Waals surface area contributed by atoms with Crippen molar-refractivity contribution in [2.24, 2.45) is 0 Å². The third-order valence-corrected chi connectivity index (χ3v) is 5.53. The first-order valence-corrected chi connectivity index (χ1v) is 9.47. The largest absolute Gasteiger partial charge is 0.359 e.